The Balaban J connectivity index is 1.84. The SMILES string of the molecule is CCN(c1cc(Nc2ccc(C(C)=O)cc2)nc(C)n1)C1CCS(=O)(=O)C1. The fourth-order valence-corrected chi connectivity index (χ4v) is 5.06. The average Bonchev–Trinajstić information content (AvgIpc) is 2.95. The van der Waals surface area contributed by atoms with E-state index in [1.165, 1.54) is 6.92 Å². The number of carbonyl (C=O) groups excluding carboxylic acids is 1. The van der Waals surface area contributed by atoms with Crippen molar-refractivity contribution >= 4 is 32.9 Å². The summed E-state index contributed by atoms with van der Waals surface area (Å²) in [6.07, 6.45) is 0.620. The van der Waals surface area contributed by atoms with Gasteiger partial charge >= 0.3 is 0 Å². The Morgan fingerprint density at radius 1 is 1.26 bits per heavy atom. The van der Waals surface area contributed by atoms with Crippen LogP contribution in [-0.2, 0) is 9.84 Å². The van der Waals surface area contributed by atoms with Crippen LogP contribution in [0.3, 0.4) is 0 Å². The van der Waals surface area contributed by atoms with E-state index in [9.17, 15) is 13.2 Å². The normalized spacial score (nSPS) is 18.3. The van der Waals surface area contributed by atoms with E-state index >= 15 is 0 Å². The molecule has 144 valence electrons. The second kappa shape index (κ2) is 7.64. The van der Waals surface area contributed by atoms with Crippen molar-refractivity contribution in [3.63, 3.8) is 0 Å². The number of nitrogens with zero attached hydrogens (tertiary/aromatic N) is 3. The summed E-state index contributed by atoms with van der Waals surface area (Å²) >= 11 is 0. The fraction of sp³-hybridized carbons (Fsp3) is 0.421. The maximum Gasteiger partial charge on any atom is 0.159 e. The predicted molar refractivity (Wildman–Crippen MR) is 107 cm³/mol. The molecule has 1 saturated heterocycles. The van der Waals surface area contributed by atoms with Gasteiger partial charge < -0.3 is 10.2 Å². The van der Waals surface area contributed by atoms with E-state index in [0.717, 1.165) is 11.5 Å². The Bertz CT molecular complexity index is 942. The number of carbonyl (C=O) groups is 1. The van der Waals surface area contributed by atoms with E-state index in [1.807, 2.05) is 36.9 Å². The van der Waals surface area contributed by atoms with Crippen molar-refractivity contribution in [1.29, 1.82) is 0 Å². The Hall–Kier alpha value is -2.48. The molecule has 27 heavy (non-hydrogen) atoms. The van der Waals surface area contributed by atoms with Gasteiger partial charge in [-0.15, -0.1) is 0 Å². The molecule has 1 aromatic carbocycles. The number of aromatic nitrogens is 2. The summed E-state index contributed by atoms with van der Waals surface area (Å²) in [5.41, 5.74) is 1.47. The highest BCUT2D eigenvalue weighted by atomic mass is 32.2. The van der Waals surface area contributed by atoms with Crippen molar-refractivity contribution < 1.29 is 13.2 Å². The summed E-state index contributed by atoms with van der Waals surface area (Å²) in [4.78, 5) is 22.4. The number of aryl methyl sites for hydroxylation is 1. The van der Waals surface area contributed by atoms with Gasteiger partial charge in [-0.25, -0.2) is 18.4 Å². The lowest BCUT2D eigenvalue weighted by atomic mass is 10.1. The van der Waals surface area contributed by atoms with Gasteiger partial charge in [0.1, 0.15) is 17.5 Å². The zero-order chi connectivity index (χ0) is 19.6. The molecule has 0 aliphatic carbocycles. The van der Waals surface area contributed by atoms with Crippen LogP contribution in [0.5, 0.6) is 0 Å². The monoisotopic (exact) mass is 388 g/mol. The van der Waals surface area contributed by atoms with Crippen LogP contribution in [0.1, 0.15) is 36.5 Å². The maximum absolute atomic E-state index is 11.8. The standard InChI is InChI=1S/C19H24N4O3S/c1-4-23(17-9-10-27(25,26)12-17)19-11-18(20-14(3)21-19)22-16-7-5-15(6-8-16)13(2)24/h5-8,11,17H,4,9-10,12H2,1-3H3,(H,20,21,22). The van der Waals surface area contributed by atoms with E-state index in [2.05, 4.69) is 15.3 Å². The van der Waals surface area contributed by atoms with E-state index in [-0.39, 0.29) is 23.3 Å². The first-order valence-electron chi connectivity index (χ1n) is 8.98. The van der Waals surface area contributed by atoms with E-state index in [1.54, 1.807) is 12.1 Å². The Labute approximate surface area is 159 Å². The lowest BCUT2D eigenvalue weighted by molar-refractivity contribution is 0.101. The number of sulfone groups is 1. The fourth-order valence-electron chi connectivity index (χ4n) is 3.33. The molecule has 8 heteroatoms. The molecule has 1 unspecified atom stereocenters. The van der Waals surface area contributed by atoms with Crippen molar-refractivity contribution in [2.24, 2.45) is 0 Å². The molecule has 0 radical (unpaired) electrons. The van der Waals surface area contributed by atoms with E-state index in [4.69, 9.17) is 0 Å². The van der Waals surface area contributed by atoms with Crippen molar-refractivity contribution in [1.82, 2.24) is 9.97 Å². The van der Waals surface area contributed by atoms with Crippen LogP contribution < -0.4 is 10.2 Å². The summed E-state index contributed by atoms with van der Waals surface area (Å²) < 4.78 is 23.7. The van der Waals surface area contributed by atoms with Crippen LogP contribution in [0, 0.1) is 6.92 Å². The van der Waals surface area contributed by atoms with Gasteiger partial charge in [-0.05, 0) is 51.5 Å². The van der Waals surface area contributed by atoms with Crippen molar-refractivity contribution in [3.8, 4) is 0 Å². The molecule has 2 heterocycles. The first-order chi connectivity index (χ1) is 12.8. The van der Waals surface area contributed by atoms with Crippen LogP contribution in [0.15, 0.2) is 30.3 Å². The lowest BCUT2D eigenvalue weighted by Gasteiger charge is -2.28. The van der Waals surface area contributed by atoms with Crippen LogP contribution in [0.4, 0.5) is 17.3 Å². The third-order valence-electron chi connectivity index (χ3n) is 4.67. The first-order valence-corrected chi connectivity index (χ1v) is 10.8. The van der Waals surface area contributed by atoms with Gasteiger partial charge in [-0.3, -0.25) is 4.79 Å². The van der Waals surface area contributed by atoms with Crippen LogP contribution >= 0.6 is 0 Å². The predicted octanol–water partition coefficient (Wildman–Crippen LogP) is 2.74. The zero-order valence-electron chi connectivity index (χ0n) is 15.8. The number of rotatable bonds is 6. The summed E-state index contributed by atoms with van der Waals surface area (Å²) in [6.45, 7) is 6.01. The van der Waals surface area contributed by atoms with Gasteiger partial charge in [0.05, 0.1) is 11.5 Å². The number of hydrogen-bond donors (Lipinski definition) is 1. The summed E-state index contributed by atoms with van der Waals surface area (Å²) in [6, 6.07) is 8.96. The number of hydrogen-bond acceptors (Lipinski definition) is 7. The minimum absolute atomic E-state index is 0.0202. The molecular formula is C19H24N4O3S. The molecule has 0 saturated carbocycles. The molecule has 1 aliphatic heterocycles. The van der Waals surface area contributed by atoms with Crippen LogP contribution in [-0.4, -0.2) is 48.3 Å². The number of anilines is 3. The summed E-state index contributed by atoms with van der Waals surface area (Å²) in [7, 11) is -2.97. The third-order valence-corrected chi connectivity index (χ3v) is 6.42. The second-order valence-corrected chi connectivity index (χ2v) is 8.99. The molecule has 1 aromatic heterocycles. The van der Waals surface area contributed by atoms with Gasteiger partial charge in [0.25, 0.3) is 0 Å². The lowest BCUT2D eigenvalue weighted by Crippen LogP contribution is -2.36. The Kier molecular flexibility index (Phi) is 5.46. The molecule has 1 aliphatic rings. The molecule has 0 bridgehead atoms. The molecule has 0 spiro atoms. The largest absolute Gasteiger partial charge is 0.353 e. The highest BCUT2D eigenvalue weighted by Gasteiger charge is 2.32. The summed E-state index contributed by atoms with van der Waals surface area (Å²) in [5.74, 6) is 2.37. The molecule has 1 N–H and O–H groups in total. The van der Waals surface area contributed by atoms with Gasteiger partial charge in [0.2, 0.25) is 0 Å². The topological polar surface area (TPSA) is 92.3 Å². The number of nitrogens with one attached hydrogen (secondary N) is 1. The molecular weight excluding hydrogens is 364 g/mol. The molecule has 1 atom stereocenters. The Morgan fingerprint density at radius 3 is 2.52 bits per heavy atom. The van der Waals surface area contributed by atoms with E-state index in [0.29, 0.717) is 30.2 Å². The first kappa shape index (κ1) is 19.3. The minimum Gasteiger partial charge on any atom is -0.353 e. The smallest absolute Gasteiger partial charge is 0.159 e. The van der Waals surface area contributed by atoms with Crippen LogP contribution in [0.25, 0.3) is 0 Å². The van der Waals surface area contributed by atoms with Gasteiger partial charge in [-0.2, -0.15) is 0 Å². The molecule has 2 aromatic rings. The maximum atomic E-state index is 11.8. The Morgan fingerprint density at radius 2 is 1.96 bits per heavy atom. The van der Waals surface area contributed by atoms with Crippen molar-refractivity contribution in [3.05, 3.63) is 41.7 Å². The van der Waals surface area contributed by atoms with Crippen molar-refractivity contribution in [2.45, 2.75) is 33.2 Å². The van der Waals surface area contributed by atoms with E-state index < -0.39 is 9.84 Å². The van der Waals surface area contributed by atoms with Gasteiger partial charge in [0.15, 0.2) is 15.6 Å². The number of ketones is 1. The highest BCUT2D eigenvalue weighted by Crippen LogP contribution is 2.25. The van der Waals surface area contributed by atoms with Gasteiger partial charge in [-0.1, -0.05) is 0 Å². The van der Waals surface area contributed by atoms with Crippen LogP contribution in [0.2, 0.25) is 0 Å². The number of benzene rings is 1. The summed E-state index contributed by atoms with van der Waals surface area (Å²) in [5, 5.41) is 3.23. The zero-order valence-corrected chi connectivity index (χ0v) is 16.6. The quantitative estimate of drug-likeness (QED) is 0.761. The third kappa shape index (κ3) is 4.63. The molecule has 1 fully saturated rings. The molecule has 7 nitrogen and oxygen atoms in total. The highest BCUT2D eigenvalue weighted by molar-refractivity contribution is 7.91. The van der Waals surface area contributed by atoms with Gasteiger partial charge in [0, 0.05) is 29.9 Å². The minimum atomic E-state index is -2.97. The molecule has 3 rings (SSSR count). The second-order valence-electron chi connectivity index (χ2n) is 6.76. The number of Topliss-reactive ketones (excluding diaryl/α,β-unsaturated/α-hetero) is 1. The van der Waals surface area contributed by atoms with Crippen molar-refractivity contribution in [2.75, 3.05) is 28.3 Å². The average molecular weight is 388 g/mol. The molecule has 0 amide bonds.